The molecular formula is C27H36O3. The first-order valence-corrected chi connectivity index (χ1v) is 11.7. The molecule has 0 bridgehead atoms. The van der Waals surface area contributed by atoms with Crippen molar-refractivity contribution in [3.8, 4) is 11.5 Å². The van der Waals surface area contributed by atoms with E-state index >= 15 is 0 Å². The van der Waals surface area contributed by atoms with Crippen molar-refractivity contribution in [2.45, 2.75) is 71.6 Å². The van der Waals surface area contributed by atoms with Crippen LogP contribution in [-0.4, -0.2) is 12.6 Å². The highest BCUT2D eigenvalue weighted by atomic mass is 16.5. The molecule has 1 aliphatic rings. The van der Waals surface area contributed by atoms with Gasteiger partial charge >= 0.3 is 5.97 Å². The maximum atomic E-state index is 12.5. The normalized spacial score (nSPS) is 21.2. The van der Waals surface area contributed by atoms with E-state index in [0.717, 1.165) is 11.7 Å². The number of carbonyl (C=O) groups is 1. The summed E-state index contributed by atoms with van der Waals surface area (Å²) in [7, 11) is 0. The fourth-order valence-electron chi connectivity index (χ4n) is 4.75. The van der Waals surface area contributed by atoms with E-state index in [4.69, 9.17) is 9.47 Å². The summed E-state index contributed by atoms with van der Waals surface area (Å²) in [5, 5.41) is 0. The van der Waals surface area contributed by atoms with Gasteiger partial charge in [-0.05, 0) is 85.9 Å². The van der Waals surface area contributed by atoms with E-state index in [1.54, 1.807) is 12.1 Å². The molecule has 3 unspecified atom stereocenters. The quantitative estimate of drug-likeness (QED) is 0.246. The number of carbonyl (C=O) groups excluding carboxylic acids is 1. The molecule has 0 aromatic heterocycles. The van der Waals surface area contributed by atoms with E-state index in [9.17, 15) is 4.79 Å². The molecule has 0 amide bonds. The molecule has 0 heterocycles. The number of hydrogen-bond donors (Lipinski definition) is 0. The molecular weight excluding hydrogens is 372 g/mol. The number of esters is 1. The summed E-state index contributed by atoms with van der Waals surface area (Å²) in [4.78, 5) is 12.5. The monoisotopic (exact) mass is 408 g/mol. The Kier molecular flexibility index (Phi) is 8.36. The third kappa shape index (κ3) is 6.10. The molecule has 3 atom stereocenters. The summed E-state index contributed by atoms with van der Waals surface area (Å²) in [6, 6.07) is 15.2. The highest BCUT2D eigenvalue weighted by Gasteiger charge is 2.28. The van der Waals surface area contributed by atoms with Crippen LogP contribution in [0.3, 0.4) is 0 Å². The van der Waals surface area contributed by atoms with E-state index in [-0.39, 0.29) is 5.97 Å². The van der Waals surface area contributed by atoms with Gasteiger partial charge in [0.15, 0.2) is 0 Å². The Hall–Kier alpha value is -2.29. The molecule has 0 saturated heterocycles. The number of hydrogen-bond acceptors (Lipinski definition) is 3. The van der Waals surface area contributed by atoms with Crippen LogP contribution >= 0.6 is 0 Å². The van der Waals surface area contributed by atoms with Crippen molar-refractivity contribution in [2.24, 2.45) is 11.8 Å². The average Bonchev–Trinajstić information content (AvgIpc) is 2.76. The second kappa shape index (κ2) is 11.2. The summed E-state index contributed by atoms with van der Waals surface area (Å²) in [5.74, 6) is 3.18. The predicted octanol–water partition coefficient (Wildman–Crippen LogP) is 7.40. The molecule has 2 aromatic rings. The smallest absolute Gasteiger partial charge is 0.343 e. The molecule has 2 aromatic carbocycles. The Morgan fingerprint density at radius 1 is 0.933 bits per heavy atom. The van der Waals surface area contributed by atoms with Crippen molar-refractivity contribution in [1.82, 2.24) is 0 Å². The van der Waals surface area contributed by atoms with Crippen LogP contribution in [0.2, 0.25) is 0 Å². The first-order valence-electron chi connectivity index (χ1n) is 11.7. The molecule has 1 aliphatic carbocycles. The predicted molar refractivity (Wildman–Crippen MR) is 122 cm³/mol. The maximum Gasteiger partial charge on any atom is 0.343 e. The van der Waals surface area contributed by atoms with Gasteiger partial charge in [0.1, 0.15) is 11.5 Å². The van der Waals surface area contributed by atoms with Gasteiger partial charge in [-0.1, -0.05) is 51.7 Å². The lowest BCUT2D eigenvalue weighted by Gasteiger charge is -2.34. The lowest BCUT2D eigenvalue weighted by atomic mass is 9.71. The van der Waals surface area contributed by atoms with Gasteiger partial charge < -0.3 is 9.47 Å². The van der Waals surface area contributed by atoms with Gasteiger partial charge in [-0.2, -0.15) is 0 Å². The highest BCUT2D eigenvalue weighted by molar-refractivity contribution is 5.91. The molecule has 3 nitrogen and oxygen atoms in total. The minimum atomic E-state index is -0.321. The summed E-state index contributed by atoms with van der Waals surface area (Å²) in [6.07, 6.45) is 9.36. The number of benzene rings is 2. The fourth-order valence-corrected chi connectivity index (χ4v) is 4.75. The van der Waals surface area contributed by atoms with Gasteiger partial charge in [-0.15, -0.1) is 0 Å². The van der Waals surface area contributed by atoms with Crippen LogP contribution in [0.1, 0.15) is 87.6 Å². The Labute approximate surface area is 181 Å². The minimum absolute atomic E-state index is 0.321. The average molecular weight is 409 g/mol. The van der Waals surface area contributed by atoms with Crippen molar-refractivity contribution in [2.75, 3.05) is 6.61 Å². The van der Waals surface area contributed by atoms with Crippen molar-refractivity contribution < 1.29 is 14.3 Å². The Bertz CT molecular complexity index is 779. The molecule has 3 heteroatoms. The zero-order valence-corrected chi connectivity index (χ0v) is 18.7. The van der Waals surface area contributed by atoms with Gasteiger partial charge in [0.2, 0.25) is 0 Å². The largest absolute Gasteiger partial charge is 0.494 e. The molecule has 0 aliphatic heterocycles. The van der Waals surface area contributed by atoms with Crippen LogP contribution in [0, 0.1) is 11.8 Å². The maximum absolute atomic E-state index is 12.5. The molecule has 1 saturated carbocycles. The zero-order valence-electron chi connectivity index (χ0n) is 18.7. The second-order valence-electron chi connectivity index (χ2n) is 8.67. The standard InChI is InChI=1S/C27H36O3/c1-4-6-7-8-21-9-18-26(20(3)19-21)22-10-12-23(13-11-22)27(28)30-25-16-14-24(15-17-25)29-5-2/h10-17,20-21,26H,4-9,18-19H2,1-3H3. The first-order chi connectivity index (χ1) is 14.6. The van der Waals surface area contributed by atoms with E-state index in [2.05, 4.69) is 26.0 Å². The Balaban J connectivity index is 1.54. The molecule has 30 heavy (non-hydrogen) atoms. The van der Waals surface area contributed by atoms with E-state index in [1.807, 2.05) is 31.2 Å². The van der Waals surface area contributed by atoms with Gasteiger partial charge in [-0.3, -0.25) is 0 Å². The Morgan fingerprint density at radius 2 is 1.63 bits per heavy atom. The highest BCUT2D eigenvalue weighted by Crippen LogP contribution is 2.41. The number of rotatable bonds is 9. The van der Waals surface area contributed by atoms with Gasteiger partial charge in [0, 0.05) is 0 Å². The summed E-state index contributed by atoms with van der Waals surface area (Å²) in [5.41, 5.74) is 1.95. The first kappa shape index (κ1) is 22.4. The van der Waals surface area contributed by atoms with Crippen LogP contribution in [-0.2, 0) is 0 Å². The van der Waals surface area contributed by atoms with Crippen molar-refractivity contribution in [3.05, 3.63) is 59.7 Å². The second-order valence-corrected chi connectivity index (χ2v) is 8.67. The molecule has 0 N–H and O–H groups in total. The zero-order chi connectivity index (χ0) is 21.3. The molecule has 3 rings (SSSR count). The van der Waals surface area contributed by atoms with Gasteiger partial charge in [0.05, 0.1) is 12.2 Å². The number of unbranched alkanes of at least 4 members (excludes halogenated alkanes) is 2. The third-order valence-electron chi connectivity index (χ3n) is 6.41. The van der Waals surface area contributed by atoms with Crippen molar-refractivity contribution >= 4 is 5.97 Å². The topological polar surface area (TPSA) is 35.5 Å². The van der Waals surface area contributed by atoms with Gasteiger partial charge in [-0.25, -0.2) is 4.79 Å². The van der Waals surface area contributed by atoms with Crippen molar-refractivity contribution in [1.29, 1.82) is 0 Å². The van der Waals surface area contributed by atoms with E-state index < -0.39 is 0 Å². The third-order valence-corrected chi connectivity index (χ3v) is 6.41. The van der Waals surface area contributed by atoms with Gasteiger partial charge in [0.25, 0.3) is 0 Å². The fraction of sp³-hybridized carbons (Fsp3) is 0.519. The lowest BCUT2D eigenvalue weighted by molar-refractivity contribution is 0.0734. The summed E-state index contributed by atoms with van der Waals surface area (Å²) in [6.45, 7) is 7.23. The molecule has 162 valence electrons. The molecule has 1 fully saturated rings. The summed E-state index contributed by atoms with van der Waals surface area (Å²) < 4.78 is 10.9. The number of ether oxygens (including phenoxy) is 2. The van der Waals surface area contributed by atoms with Crippen LogP contribution < -0.4 is 9.47 Å². The van der Waals surface area contributed by atoms with Crippen LogP contribution in [0.25, 0.3) is 0 Å². The Morgan fingerprint density at radius 3 is 2.27 bits per heavy atom. The van der Waals surface area contributed by atoms with Crippen LogP contribution in [0.5, 0.6) is 11.5 Å². The molecule has 0 radical (unpaired) electrons. The van der Waals surface area contributed by atoms with Crippen molar-refractivity contribution in [3.63, 3.8) is 0 Å². The van der Waals surface area contributed by atoms with E-state index in [1.165, 1.54) is 50.5 Å². The minimum Gasteiger partial charge on any atom is -0.494 e. The summed E-state index contributed by atoms with van der Waals surface area (Å²) >= 11 is 0. The lowest BCUT2D eigenvalue weighted by Crippen LogP contribution is -2.21. The SMILES string of the molecule is CCCCCC1CCC(c2ccc(C(=O)Oc3ccc(OCC)cc3)cc2)C(C)C1. The van der Waals surface area contributed by atoms with Crippen LogP contribution in [0.15, 0.2) is 48.5 Å². The van der Waals surface area contributed by atoms with E-state index in [0.29, 0.717) is 29.8 Å². The van der Waals surface area contributed by atoms with Crippen LogP contribution in [0.4, 0.5) is 0 Å². The molecule has 0 spiro atoms.